The molecule has 0 aliphatic carbocycles. The number of unbranched alkanes of at least 4 members (excludes halogenated alkanes) is 1. The summed E-state index contributed by atoms with van der Waals surface area (Å²) < 4.78 is 0. The Kier molecular flexibility index (Phi) is 3.96. The summed E-state index contributed by atoms with van der Waals surface area (Å²) in [5.74, 6) is 0.142. The van der Waals surface area contributed by atoms with Crippen LogP contribution in [-0.2, 0) is 0 Å². The second kappa shape index (κ2) is 5.02. The van der Waals surface area contributed by atoms with Gasteiger partial charge in [0.15, 0.2) is 0 Å². The maximum Gasteiger partial charge on any atom is 0.263 e. The van der Waals surface area contributed by atoms with Crippen LogP contribution in [0, 0.1) is 0 Å². The lowest BCUT2D eigenvalue weighted by molar-refractivity contribution is 0.0798. The highest BCUT2D eigenvalue weighted by atomic mass is 32.1. The van der Waals surface area contributed by atoms with E-state index < -0.39 is 0 Å². The summed E-state index contributed by atoms with van der Waals surface area (Å²) in [6, 6.07) is 3.78. The van der Waals surface area contributed by atoms with E-state index in [2.05, 4.69) is 6.92 Å². The Labute approximate surface area is 83.2 Å². The Bertz CT molecular complexity index is 256. The molecule has 0 saturated carbocycles. The molecule has 72 valence electrons. The third-order valence-electron chi connectivity index (χ3n) is 1.93. The van der Waals surface area contributed by atoms with E-state index in [9.17, 15) is 4.79 Å². The van der Waals surface area contributed by atoms with Gasteiger partial charge in [-0.3, -0.25) is 4.79 Å². The molecule has 0 N–H and O–H groups in total. The largest absolute Gasteiger partial charge is 0.341 e. The Morgan fingerprint density at radius 1 is 1.62 bits per heavy atom. The molecule has 1 aromatic rings. The number of nitrogens with zero attached hydrogens (tertiary/aromatic N) is 1. The molecule has 0 aliphatic heterocycles. The lowest BCUT2D eigenvalue weighted by atomic mass is 10.3. The summed E-state index contributed by atoms with van der Waals surface area (Å²) in [6.07, 6.45) is 2.20. The van der Waals surface area contributed by atoms with Crippen LogP contribution < -0.4 is 0 Å². The van der Waals surface area contributed by atoms with Crippen molar-refractivity contribution in [3.05, 3.63) is 22.4 Å². The van der Waals surface area contributed by atoms with Crippen LogP contribution in [0.15, 0.2) is 17.5 Å². The lowest BCUT2D eigenvalue weighted by Gasteiger charge is -2.15. The molecule has 0 bridgehead atoms. The van der Waals surface area contributed by atoms with Crippen molar-refractivity contribution in [3.63, 3.8) is 0 Å². The van der Waals surface area contributed by atoms with Gasteiger partial charge in [0.2, 0.25) is 0 Å². The third-order valence-corrected chi connectivity index (χ3v) is 2.78. The van der Waals surface area contributed by atoms with E-state index >= 15 is 0 Å². The fraction of sp³-hybridized carbons (Fsp3) is 0.500. The van der Waals surface area contributed by atoms with Gasteiger partial charge in [-0.2, -0.15) is 0 Å². The predicted molar refractivity (Wildman–Crippen MR) is 56.2 cm³/mol. The molecule has 1 heterocycles. The number of hydrogen-bond acceptors (Lipinski definition) is 2. The Balaban J connectivity index is 2.48. The van der Waals surface area contributed by atoms with Crippen LogP contribution in [-0.4, -0.2) is 24.4 Å². The van der Waals surface area contributed by atoms with E-state index in [4.69, 9.17) is 0 Å². The molecule has 13 heavy (non-hydrogen) atoms. The van der Waals surface area contributed by atoms with E-state index in [1.54, 1.807) is 4.90 Å². The first kappa shape index (κ1) is 10.3. The van der Waals surface area contributed by atoms with Crippen molar-refractivity contribution in [1.82, 2.24) is 4.90 Å². The summed E-state index contributed by atoms with van der Waals surface area (Å²) in [7, 11) is 1.86. The fourth-order valence-corrected chi connectivity index (χ4v) is 1.80. The molecule has 0 radical (unpaired) electrons. The van der Waals surface area contributed by atoms with Gasteiger partial charge in [-0.05, 0) is 17.9 Å². The zero-order valence-corrected chi connectivity index (χ0v) is 8.93. The SMILES string of the molecule is CCCCN(C)C(=O)c1cccs1. The van der Waals surface area contributed by atoms with Gasteiger partial charge in [0, 0.05) is 13.6 Å². The second-order valence-electron chi connectivity index (χ2n) is 3.06. The predicted octanol–water partition coefficient (Wildman–Crippen LogP) is 2.62. The van der Waals surface area contributed by atoms with Crippen molar-refractivity contribution in [1.29, 1.82) is 0 Å². The topological polar surface area (TPSA) is 20.3 Å². The van der Waals surface area contributed by atoms with Crippen molar-refractivity contribution in [3.8, 4) is 0 Å². The smallest absolute Gasteiger partial charge is 0.263 e. The van der Waals surface area contributed by atoms with Crippen LogP contribution in [0.3, 0.4) is 0 Å². The molecule has 2 nitrogen and oxygen atoms in total. The van der Waals surface area contributed by atoms with E-state index in [1.165, 1.54) is 11.3 Å². The Morgan fingerprint density at radius 2 is 2.38 bits per heavy atom. The molecule has 0 spiro atoms. The number of thiophene rings is 1. The van der Waals surface area contributed by atoms with Crippen molar-refractivity contribution >= 4 is 17.2 Å². The summed E-state index contributed by atoms with van der Waals surface area (Å²) in [4.78, 5) is 14.3. The molecular formula is C10H15NOS. The first-order valence-electron chi connectivity index (χ1n) is 4.54. The lowest BCUT2D eigenvalue weighted by Crippen LogP contribution is -2.26. The molecule has 1 amide bonds. The number of hydrogen-bond donors (Lipinski definition) is 0. The number of amides is 1. The average Bonchev–Trinajstić information content (AvgIpc) is 2.65. The molecule has 0 saturated heterocycles. The highest BCUT2D eigenvalue weighted by Crippen LogP contribution is 2.11. The molecule has 1 aromatic heterocycles. The van der Waals surface area contributed by atoms with Crippen LogP contribution in [0.4, 0.5) is 0 Å². The molecule has 0 aromatic carbocycles. The first-order chi connectivity index (χ1) is 6.25. The zero-order valence-electron chi connectivity index (χ0n) is 8.12. The minimum atomic E-state index is 0.142. The summed E-state index contributed by atoms with van der Waals surface area (Å²) in [6.45, 7) is 2.98. The molecule has 1 rings (SSSR count). The molecule has 3 heteroatoms. The van der Waals surface area contributed by atoms with Crippen LogP contribution in [0.2, 0.25) is 0 Å². The van der Waals surface area contributed by atoms with Crippen molar-refractivity contribution in [2.45, 2.75) is 19.8 Å². The van der Waals surface area contributed by atoms with Crippen LogP contribution >= 0.6 is 11.3 Å². The number of carbonyl (C=O) groups is 1. The van der Waals surface area contributed by atoms with Crippen molar-refractivity contribution in [2.75, 3.05) is 13.6 Å². The van der Waals surface area contributed by atoms with Crippen molar-refractivity contribution in [2.24, 2.45) is 0 Å². The minimum absolute atomic E-state index is 0.142. The van der Waals surface area contributed by atoms with Gasteiger partial charge < -0.3 is 4.90 Å². The number of carbonyl (C=O) groups excluding carboxylic acids is 1. The molecule has 0 atom stereocenters. The van der Waals surface area contributed by atoms with E-state index in [1.807, 2.05) is 24.6 Å². The van der Waals surface area contributed by atoms with E-state index in [-0.39, 0.29) is 5.91 Å². The Hall–Kier alpha value is -0.830. The highest BCUT2D eigenvalue weighted by Gasteiger charge is 2.10. The van der Waals surface area contributed by atoms with Crippen LogP contribution in [0.1, 0.15) is 29.4 Å². The Morgan fingerprint density at radius 3 is 2.92 bits per heavy atom. The highest BCUT2D eigenvalue weighted by molar-refractivity contribution is 7.12. The maximum absolute atomic E-state index is 11.6. The number of rotatable bonds is 4. The molecule has 0 aliphatic rings. The van der Waals surface area contributed by atoms with Crippen LogP contribution in [0.25, 0.3) is 0 Å². The summed E-state index contributed by atoms with van der Waals surface area (Å²) >= 11 is 1.50. The first-order valence-corrected chi connectivity index (χ1v) is 5.42. The average molecular weight is 197 g/mol. The summed E-state index contributed by atoms with van der Waals surface area (Å²) in [5, 5.41) is 1.93. The van der Waals surface area contributed by atoms with Crippen LogP contribution in [0.5, 0.6) is 0 Å². The molecule has 0 fully saturated rings. The van der Waals surface area contributed by atoms with E-state index in [0.717, 1.165) is 24.3 Å². The van der Waals surface area contributed by atoms with Gasteiger partial charge in [0.25, 0.3) is 5.91 Å². The molecule has 0 unspecified atom stereocenters. The van der Waals surface area contributed by atoms with Gasteiger partial charge in [0.1, 0.15) is 0 Å². The monoisotopic (exact) mass is 197 g/mol. The van der Waals surface area contributed by atoms with Gasteiger partial charge in [-0.15, -0.1) is 11.3 Å². The second-order valence-corrected chi connectivity index (χ2v) is 4.01. The summed E-state index contributed by atoms with van der Waals surface area (Å²) in [5.41, 5.74) is 0. The van der Waals surface area contributed by atoms with Gasteiger partial charge >= 0.3 is 0 Å². The normalized spacial score (nSPS) is 10.0. The molecular weight excluding hydrogens is 182 g/mol. The van der Waals surface area contributed by atoms with Gasteiger partial charge in [0.05, 0.1) is 4.88 Å². The maximum atomic E-state index is 11.6. The standard InChI is InChI=1S/C10H15NOS/c1-3-4-7-11(2)10(12)9-6-5-8-13-9/h5-6,8H,3-4,7H2,1-2H3. The quantitative estimate of drug-likeness (QED) is 0.726. The van der Waals surface area contributed by atoms with E-state index in [0.29, 0.717) is 0 Å². The van der Waals surface area contributed by atoms with Crippen molar-refractivity contribution < 1.29 is 4.79 Å². The minimum Gasteiger partial charge on any atom is -0.341 e. The van der Waals surface area contributed by atoms with Gasteiger partial charge in [-0.1, -0.05) is 19.4 Å². The zero-order chi connectivity index (χ0) is 9.68. The fourth-order valence-electron chi connectivity index (χ4n) is 1.09. The third kappa shape index (κ3) is 2.84. The van der Waals surface area contributed by atoms with Gasteiger partial charge in [-0.25, -0.2) is 0 Å².